The SMILES string of the molecule is O=C(CN(Cc1ccc(F)cc1)C1CC1)Nc1ccc([N+](=O)[O-])cc1Cl. The molecular weight excluding hydrogens is 361 g/mol. The van der Waals surface area contributed by atoms with E-state index >= 15 is 0 Å². The van der Waals surface area contributed by atoms with Gasteiger partial charge in [0.15, 0.2) is 0 Å². The Bertz CT molecular complexity index is 825. The number of nitro groups is 1. The number of halogens is 2. The summed E-state index contributed by atoms with van der Waals surface area (Å²) < 4.78 is 13.0. The van der Waals surface area contributed by atoms with Crippen LogP contribution >= 0.6 is 11.6 Å². The maximum absolute atomic E-state index is 13.0. The van der Waals surface area contributed by atoms with Gasteiger partial charge in [-0.25, -0.2) is 4.39 Å². The van der Waals surface area contributed by atoms with Gasteiger partial charge in [-0.2, -0.15) is 0 Å². The molecule has 0 atom stereocenters. The van der Waals surface area contributed by atoms with E-state index < -0.39 is 4.92 Å². The highest BCUT2D eigenvalue weighted by atomic mass is 35.5. The fourth-order valence-electron chi connectivity index (χ4n) is 2.67. The number of non-ortho nitro benzene ring substituents is 1. The predicted octanol–water partition coefficient (Wildman–Crippen LogP) is 3.99. The summed E-state index contributed by atoms with van der Waals surface area (Å²) in [5.74, 6) is -0.549. The quantitative estimate of drug-likeness (QED) is 0.584. The first-order valence-electron chi connectivity index (χ1n) is 8.14. The Morgan fingerprint density at radius 1 is 1.27 bits per heavy atom. The molecule has 1 aliphatic carbocycles. The molecule has 1 N–H and O–H groups in total. The van der Waals surface area contributed by atoms with Gasteiger partial charge in [-0.15, -0.1) is 0 Å². The lowest BCUT2D eigenvalue weighted by molar-refractivity contribution is -0.384. The number of rotatable bonds is 7. The molecule has 136 valence electrons. The zero-order valence-electron chi connectivity index (χ0n) is 13.8. The highest BCUT2D eigenvalue weighted by molar-refractivity contribution is 6.34. The smallest absolute Gasteiger partial charge is 0.271 e. The molecule has 1 amide bonds. The summed E-state index contributed by atoms with van der Waals surface area (Å²) in [7, 11) is 0. The molecule has 1 fully saturated rings. The molecule has 1 aliphatic rings. The number of benzene rings is 2. The van der Waals surface area contributed by atoms with Crippen molar-refractivity contribution in [2.75, 3.05) is 11.9 Å². The molecule has 0 bridgehead atoms. The lowest BCUT2D eigenvalue weighted by atomic mass is 10.2. The number of hydrogen-bond acceptors (Lipinski definition) is 4. The molecule has 2 aromatic rings. The van der Waals surface area contributed by atoms with Crippen LogP contribution in [0.2, 0.25) is 5.02 Å². The molecule has 0 aromatic heterocycles. The van der Waals surface area contributed by atoms with Crippen molar-refractivity contribution in [3.05, 3.63) is 69.0 Å². The molecule has 8 heteroatoms. The molecule has 0 spiro atoms. The van der Waals surface area contributed by atoms with Crippen molar-refractivity contribution in [2.45, 2.75) is 25.4 Å². The van der Waals surface area contributed by atoms with Crippen molar-refractivity contribution in [3.63, 3.8) is 0 Å². The fraction of sp³-hybridized carbons (Fsp3) is 0.278. The van der Waals surface area contributed by atoms with E-state index in [0.29, 0.717) is 18.3 Å². The summed E-state index contributed by atoms with van der Waals surface area (Å²) in [6.45, 7) is 0.710. The lowest BCUT2D eigenvalue weighted by Crippen LogP contribution is -2.34. The van der Waals surface area contributed by atoms with Crippen LogP contribution in [0.15, 0.2) is 42.5 Å². The van der Waals surface area contributed by atoms with Crippen molar-refractivity contribution in [1.82, 2.24) is 4.90 Å². The van der Waals surface area contributed by atoms with Gasteiger partial charge in [0.25, 0.3) is 5.69 Å². The fourth-order valence-corrected chi connectivity index (χ4v) is 2.89. The third kappa shape index (κ3) is 4.77. The zero-order chi connectivity index (χ0) is 18.7. The normalized spacial score (nSPS) is 13.7. The Labute approximate surface area is 154 Å². The molecule has 3 rings (SSSR count). The van der Waals surface area contributed by atoms with Crippen LogP contribution in [0.25, 0.3) is 0 Å². The second-order valence-corrected chi connectivity index (χ2v) is 6.64. The summed E-state index contributed by atoms with van der Waals surface area (Å²) in [6.07, 6.45) is 2.04. The van der Waals surface area contributed by atoms with Crippen LogP contribution in [0.1, 0.15) is 18.4 Å². The van der Waals surface area contributed by atoms with E-state index in [1.165, 1.54) is 30.3 Å². The first-order valence-corrected chi connectivity index (χ1v) is 8.52. The van der Waals surface area contributed by atoms with Gasteiger partial charge >= 0.3 is 0 Å². The number of hydrogen-bond donors (Lipinski definition) is 1. The van der Waals surface area contributed by atoms with E-state index in [0.717, 1.165) is 18.4 Å². The van der Waals surface area contributed by atoms with Gasteiger partial charge in [0.05, 0.1) is 22.2 Å². The first kappa shape index (κ1) is 18.3. The molecule has 1 saturated carbocycles. The number of anilines is 1. The highest BCUT2D eigenvalue weighted by Gasteiger charge is 2.30. The number of nitrogens with one attached hydrogen (secondary N) is 1. The zero-order valence-corrected chi connectivity index (χ0v) is 14.6. The van der Waals surface area contributed by atoms with Crippen LogP contribution in [0, 0.1) is 15.9 Å². The Hall–Kier alpha value is -2.51. The maximum atomic E-state index is 13.0. The van der Waals surface area contributed by atoms with E-state index in [4.69, 9.17) is 11.6 Å². The van der Waals surface area contributed by atoms with Gasteiger partial charge < -0.3 is 5.32 Å². The summed E-state index contributed by atoms with van der Waals surface area (Å²) in [5.41, 5.74) is 1.13. The number of carbonyl (C=O) groups excluding carboxylic acids is 1. The molecule has 0 heterocycles. The van der Waals surface area contributed by atoms with Crippen LogP contribution in [-0.2, 0) is 11.3 Å². The Morgan fingerprint density at radius 3 is 2.54 bits per heavy atom. The molecule has 0 aliphatic heterocycles. The molecule has 6 nitrogen and oxygen atoms in total. The van der Waals surface area contributed by atoms with Crippen molar-refractivity contribution in [1.29, 1.82) is 0 Å². The minimum absolute atomic E-state index is 0.115. The van der Waals surface area contributed by atoms with Gasteiger partial charge in [0.2, 0.25) is 5.91 Å². The standard InChI is InChI=1S/C18H17ClFN3O3/c19-16-9-15(23(25)26)7-8-17(16)21-18(24)11-22(14-5-6-14)10-12-1-3-13(20)4-2-12/h1-4,7-9,14H,5-6,10-11H2,(H,21,24). The summed E-state index contributed by atoms with van der Waals surface area (Å²) in [6, 6.07) is 10.4. The molecular formula is C18H17ClFN3O3. The van der Waals surface area contributed by atoms with Crippen LogP contribution in [-0.4, -0.2) is 28.3 Å². The molecule has 0 radical (unpaired) electrons. The van der Waals surface area contributed by atoms with Crippen LogP contribution < -0.4 is 5.32 Å². The maximum Gasteiger partial charge on any atom is 0.271 e. The number of nitro benzene ring substituents is 1. The second-order valence-electron chi connectivity index (χ2n) is 6.23. The van der Waals surface area contributed by atoms with Gasteiger partial charge in [-0.1, -0.05) is 23.7 Å². The highest BCUT2D eigenvalue weighted by Crippen LogP contribution is 2.29. The third-order valence-corrected chi connectivity index (χ3v) is 4.46. The first-order chi connectivity index (χ1) is 12.4. The van der Waals surface area contributed by atoms with Crippen molar-refractivity contribution in [3.8, 4) is 0 Å². The molecule has 0 saturated heterocycles. The van der Waals surface area contributed by atoms with Crippen molar-refractivity contribution in [2.24, 2.45) is 0 Å². The van der Waals surface area contributed by atoms with Gasteiger partial charge in [-0.3, -0.25) is 19.8 Å². The Kier molecular flexibility index (Phi) is 5.49. The number of amides is 1. The van der Waals surface area contributed by atoms with E-state index in [-0.39, 0.29) is 29.0 Å². The minimum atomic E-state index is -0.547. The van der Waals surface area contributed by atoms with Gasteiger partial charge in [-0.05, 0) is 36.6 Å². The van der Waals surface area contributed by atoms with Crippen LogP contribution in [0.4, 0.5) is 15.8 Å². The minimum Gasteiger partial charge on any atom is -0.324 e. The molecule has 26 heavy (non-hydrogen) atoms. The average Bonchev–Trinajstić information content (AvgIpc) is 3.43. The van der Waals surface area contributed by atoms with Gasteiger partial charge in [0.1, 0.15) is 5.82 Å². The largest absolute Gasteiger partial charge is 0.324 e. The number of nitrogens with zero attached hydrogens (tertiary/aromatic N) is 2. The van der Waals surface area contributed by atoms with Gasteiger partial charge in [0, 0.05) is 24.7 Å². The molecule has 0 unspecified atom stereocenters. The molecule has 2 aromatic carbocycles. The summed E-state index contributed by atoms with van der Waals surface area (Å²) >= 11 is 6.01. The summed E-state index contributed by atoms with van der Waals surface area (Å²) in [4.78, 5) is 24.6. The second kappa shape index (κ2) is 7.80. The van der Waals surface area contributed by atoms with E-state index in [9.17, 15) is 19.3 Å². The Morgan fingerprint density at radius 2 is 1.96 bits per heavy atom. The monoisotopic (exact) mass is 377 g/mol. The van der Waals surface area contributed by atoms with E-state index in [1.807, 2.05) is 4.90 Å². The summed E-state index contributed by atoms with van der Waals surface area (Å²) in [5, 5.41) is 13.5. The van der Waals surface area contributed by atoms with Crippen LogP contribution in [0.5, 0.6) is 0 Å². The topological polar surface area (TPSA) is 75.5 Å². The van der Waals surface area contributed by atoms with Crippen molar-refractivity contribution >= 4 is 28.9 Å². The Balaban J connectivity index is 1.63. The van der Waals surface area contributed by atoms with Crippen LogP contribution in [0.3, 0.4) is 0 Å². The van der Waals surface area contributed by atoms with E-state index in [1.54, 1.807) is 12.1 Å². The van der Waals surface area contributed by atoms with E-state index in [2.05, 4.69) is 5.32 Å². The van der Waals surface area contributed by atoms with Crippen molar-refractivity contribution < 1.29 is 14.1 Å². The lowest BCUT2D eigenvalue weighted by Gasteiger charge is -2.21. The average molecular weight is 378 g/mol. The predicted molar refractivity (Wildman–Crippen MR) is 96.6 cm³/mol. The number of carbonyl (C=O) groups is 1. The third-order valence-electron chi connectivity index (χ3n) is 4.15.